The molecule has 0 N–H and O–H groups in total. The molecule has 0 radical (unpaired) electrons. The lowest BCUT2D eigenvalue weighted by Gasteiger charge is -2.53. The van der Waals surface area contributed by atoms with Crippen LogP contribution in [-0.4, -0.2) is 82.5 Å². The van der Waals surface area contributed by atoms with Gasteiger partial charge in [-0.05, 0) is 53.5 Å². The summed E-state index contributed by atoms with van der Waals surface area (Å²) in [5.74, 6) is 2.62. The number of piperidine rings is 1. The molecule has 3 fully saturated rings. The third-order valence-corrected chi connectivity index (χ3v) is 12.7. The van der Waals surface area contributed by atoms with Gasteiger partial charge in [-0.3, -0.25) is 9.89 Å². The Morgan fingerprint density at radius 1 is 1.07 bits per heavy atom. The van der Waals surface area contributed by atoms with Crippen molar-refractivity contribution in [3.63, 3.8) is 0 Å². The van der Waals surface area contributed by atoms with E-state index in [1.807, 2.05) is 12.1 Å². The topological polar surface area (TPSA) is 52.5 Å². The molecule has 2 bridgehead atoms. The minimum Gasteiger partial charge on any atom is -0.497 e. The number of thioether (sulfide) groups is 1. The van der Waals surface area contributed by atoms with Crippen LogP contribution in [0.1, 0.15) is 24.5 Å². The maximum atomic E-state index is 6.36. The fourth-order valence-electron chi connectivity index (χ4n) is 7.75. The highest BCUT2D eigenvalue weighted by molar-refractivity contribution is 8.00. The summed E-state index contributed by atoms with van der Waals surface area (Å²) >= 11 is 2.12. The number of hydrogen-bond acceptors (Lipinski definition) is 7. The van der Waals surface area contributed by atoms with Gasteiger partial charge in [0.2, 0.25) is 0 Å². The predicted molar refractivity (Wildman–Crippen MR) is 180 cm³/mol. The van der Waals surface area contributed by atoms with E-state index >= 15 is 0 Å². The van der Waals surface area contributed by atoms with Crippen LogP contribution in [0.25, 0.3) is 0 Å². The normalized spacial score (nSPS) is 28.6. The van der Waals surface area contributed by atoms with E-state index in [1.165, 1.54) is 22.5 Å². The maximum absolute atomic E-state index is 6.36. The average molecular weight is 621 g/mol. The van der Waals surface area contributed by atoms with Gasteiger partial charge in [0, 0.05) is 50.7 Å². The van der Waals surface area contributed by atoms with E-state index < -0.39 is 8.07 Å². The molecule has 6 rings (SSSR count). The van der Waals surface area contributed by atoms with E-state index in [-0.39, 0.29) is 11.3 Å². The molecule has 0 aromatic heterocycles. The largest absolute Gasteiger partial charge is 0.497 e. The van der Waals surface area contributed by atoms with Crippen LogP contribution in [0.5, 0.6) is 5.75 Å². The zero-order valence-electron chi connectivity index (χ0n) is 26.5. The number of hydrogen-bond donors (Lipinski definition) is 0. The molecule has 1 saturated carbocycles. The molecule has 2 saturated heterocycles. The highest BCUT2D eigenvalue weighted by Gasteiger charge is 2.67. The molecule has 2 aromatic carbocycles. The maximum Gasteiger partial charge on any atom is 0.146 e. The van der Waals surface area contributed by atoms with Crippen LogP contribution in [0, 0.1) is 11.8 Å². The van der Waals surface area contributed by atoms with Crippen molar-refractivity contribution >= 4 is 31.2 Å². The first-order chi connectivity index (χ1) is 20.8. The van der Waals surface area contributed by atoms with Crippen LogP contribution in [0.4, 0.5) is 5.69 Å². The lowest BCUT2D eigenvalue weighted by molar-refractivity contribution is -0.0621. The Kier molecular flexibility index (Phi) is 9.53. The summed E-state index contributed by atoms with van der Waals surface area (Å²) in [6, 6.07) is 18.7. The summed E-state index contributed by atoms with van der Waals surface area (Å²) in [6.07, 6.45) is 3.50. The predicted octanol–water partition coefficient (Wildman–Crippen LogP) is 6.95. The van der Waals surface area contributed by atoms with Crippen molar-refractivity contribution in [1.29, 1.82) is 0 Å². The molecule has 6 nitrogen and oxygen atoms in total. The number of nitrogens with zero attached hydrogens (tertiary/aromatic N) is 2. The minimum atomic E-state index is -1.13. The van der Waals surface area contributed by atoms with Crippen LogP contribution < -0.4 is 4.74 Å². The Hall–Kier alpha value is -1.94. The number of aliphatic imine (C=N–C) groups is 1. The molecular formula is C35H48N2O4SSi. The molecule has 4 aliphatic rings. The molecule has 3 aliphatic heterocycles. The Morgan fingerprint density at radius 3 is 2.65 bits per heavy atom. The summed E-state index contributed by atoms with van der Waals surface area (Å²) in [5, 5.41) is 0.493. The summed E-state index contributed by atoms with van der Waals surface area (Å²) in [5.41, 5.74) is 6.57. The van der Waals surface area contributed by atoms with Gasteiger partial charge < -0.3 is 18.9 Å². The second-order valence-corrected chi connectivity index (χ2v) is 20.7. The summed E-state index contributed by atoms with van der Waals surface area (Å²) in [4.78, 5) is 8.22. The summed E-state index contributed by atoms with van der Waals surface area (Å²) in [6.45, 7) is 14.5. The van der Waals surface area contributed by atoms with Crippen molar-refractivity contribution in [1.82, 2.24) is 4.90 Å². The smallest absolute Gasteiger partial charge is 0.146 e. The number of methoxy groups -OCH3 is 1. The third-order valence-electron chi connectivity index (χ3n) is 9.78. The van der Waals surface area contributed by atoms with Crippen LogP contribution >= 0.6 is 11.8 Å². The van der Waals surface area contributed by atoms with Crippen LogP contribution in [-0.2, 0) is 26.2 Å². The zero-order chi connectivity index (χ0) is 30.0. The lowest BCUT2D eigenvalue weighted by atomic mass is 9.56. The lowest BCUT2D eigenvalue weighted by Crippen LogP contribution is -2.62. The molecule has 5 atom stereocenters. The van der Waals surface area contributed by atoms with Gasteiger partial charge in [-0.1, -0.05) is 68.5 Å². The van der Waals surface area contributed by atoms with E-state index in [9.17, 15) is 0 Å². The van der Waals surface area contributed by atoms with E-state index in [0.717, 1.165) is 49.2 Å². The SMILES string of the molecule is CCS[C@@H]1CN2C/C(=C/COCc3ccc(OC)cc3)[C@@H]3C[C@H]2[C@@]12C(=Nc1ccccc12)[C@H]3COCOCC[Si](C)(C)C. The van der Waals surface area contributed by atoms with Crippen molar-refractivity contribution in [2.75, 3.05) is 52.6 Å². The van der Waals surface area contributed by atoms with Crippen molar-refractivity contribution in [3.8, 4) is 5.75 Å². The molecule has 0 unspecified atom stereocenters. The highest BCUT2D eigenvalue weighted by atomic mass is 32.2. The number of ether oxygens (including phenoxy) is 4. The van der Waals surface area contributed by atoms with Crippen molar-refractivity contribution in [3.05, 3.63) is 71.3 Å². The third kappa shape index (κ3) is 6.16. The van der Waals surface area contributed by atoms with E-state index in [2.05, 4.69) is 85.7 Å². The first-order valence-electron chi connectivity index (χ1n) is 15.9. The van der Waals surface area contributed by atoms with Crippen LogP contribution in [0.15, 0.2) is 65.2 Å². The number of rotatable bonds is 14. The first kappa shape index (κ1) is 31.1. The first-order valence-corrected chi connectivity index (χ1v) is 20.7. The molecule has 8 heteroatoms. The second kappa shape index (κ2) is 13.2. The average Bonchev–Trinajstić information content (AvgIpc) is 3.52. The Balaban J connectivity index is 1.23. The van der Waals surface area contributed by atoms with Crippen molar-refractivity contribution < 1.29 is 18.9 Å². The molecule has 43 heavy (non-hydrogen) atoms. The molecule has 1 spiro atoms. The minimum absolute atomic E-state index is 0.0309. The number of para-hydroxylation sites is 1. The van der Waals surface area contributed by atoms with Gasteiger partial charge in [-0.15, -0.1) is 0 Å². The molecule has 0 amide bonds. The van der Waals surface area contributed by atoms with Gasteiger partial charge in [-0.2, -0.15) is 11.8 Å². The molecular weight excluding hydrogens is 573 g/mol. The van der Waals surface area contributed by atoms with Gasteiger partial charge in [0.05, 0.1) is 38.0 Å². The number of benzene rings is 2. The fourth-order valence-corrected chi connectivity index (χ4v) is 9.87. The van der Waals surface area contributed by atoms with E-state index in [0.29, 0.717) is 43.8 Å². The molecule has 2 aromatic rings. The second-order valence-electron chi connectivity index (χ2n) is 13.6. The van der Waals surface area contributed by atoms with E-state index in [1.54, 1.807) is 7.11 Å². The van der Waals surface area contributed by atoms with Gasteiger partial charge in [-0.25, -0.2) is 0 Å². The monoisotopic (exact) mass is 620 g/mol. The molecule has 1 aliphatic carbocycles. The summed E-state index contributed by atoms with van der Waals surface area (Å²) in [7, 11) is 0.566. The Morgan fingerprint density at radius 2 is 1.88 bits per heavy atom. The molecule has 3 heterocycles. The Bertz CT molecular complexity index is 1330. The van der Waals surface area contributed by atoms with Crippen molar-refractivity contribution in [2.24, 2.45) is 16.8 Å². The highest BCUT2D eigenvalue weighted by Crippen LogP contribution is 2.61. The fraction of sp³-hybridized carbons (Fsp3) is 0.571. The Labute approximate surface area is 263 Å². The van der Waals surface area contributed by atoms with Crippen molar-refractivity contribution in [2.45, 2.75) is 62.3 Å². The quantitative estimate of drug-likeness (QED) is 0.0987. The summed E-state index contributed by atoms with van der Waals surface area (Å²) < 4.78 is 23.8. The standard InChI is InChI=1S/C35H48N2O4SSi/c1-6-42-33-21-37-20-26(15-16-39-22-25-11-13-27(38-2)14-12-25)28-19-32(37)35(33)30-9-7-8-10-31(30)36-34(35)29(28)23-41-24-40-17-18-43(3,4)5/h7-15,28-29,32-33H,6,16-24H2,1-5H3/b26-15-/t28-,29-,32-,33+,35+/m0/s1. The molecule has 232 valence electrons. The van der Waals surface area contributed by atoms with Gasteiger partial charge in [0.15, 0.2) is 0 Å². The van der Waals surface area contributed by atoms with E-state index in [4.69, 9.17) is 23.9 Å². The van der Waals surface area contributed by atoms with Crippen LogP contribution in [0.2, 0.25) is 25.7 Å². The van der Waals surface area contributed by atoms with Gasteiger partial charge in [0.25, 0.3) is 0 Å². The van der Waals surface area contributed by atoms with Gasteiger partial charge >= 0.3 is 0 Å². The zero-order valence-corrected chi connectivity index (χ0v) is 28.3. The van der Waals surface area contributed by atoms with Crippen LogP contribution in [0.3, 0.4) is 0 Å². The number of fused-ring (bicyclic) bond motifs is 2. The van der Waals surface area contributed by atoms with Gasteiger partial charge in [0.1, 0.15) is 12.5 Å².